The molecule has 25 heavy (non-hydrogen) atoms. The van der Waals surface area contributed by atoms with Crippen molar-refractivity contribution in [2.24, 2.45) is 0 Å². The van der Waals surface area contributed by atoms with Gasteiger partial charge in [-0.3, -0.25) is 9.78 Å². The third kappa shape index (κ3) is 4.07. The monoisotopic (exact) mass is 348 g/mol. The molecule has 1 amide bonds. The first-order valence-corrected chi connectivity index (χ1v) is 7.64. The minimum Gasteiger partial charge on any atom is -0.336 e. The van der Waals surface area contributed by atoms with Crippen LogP contribution in [-0.2, 0) is 0 Å². The molecule has 0 unspecified atom stereocenters. The molecule has 0 aliphatic carbocycles. The van der Waals surface area contributed by atoms with Crippen molar-refractivity contribution in [2.45, 2.75) is 25.8 Å². The molecule has 0 radical (unpaired) electrons. The van der Waals surface area contributed by atoms with Crippen LogP contribution < -0.4 is 0 Å². The third-order valence-corrected chi connectivity index (χ3v) is 4.19. The Morgan fingerprint density at radius 3 is 2.44 bits per heavy atom. The molecule has 0 saturated carbocycles. The van der Waals surface area contributed by atoms with Gasteiger partial charge in [0.2, 0.25) is 0 Å². The normalized spacial score (nSPS) is 11.3. The number of rotatable bonds is 5. The van der Waals surface area contributed by atoms with Crippen LogP contribution in [0.4, 0.5) is 13.2 Å². The van der Waals surface area contributed by atoms with E-state index in [4.69, 9.17) is 0 Å². The molecule has 0 aliphatic heterocycles. The second-order valence-electron chi connectivity index (χ2n) is 6.44. The van der Waals surface area contributed by atoms with Gasteiger partial charge in [0.15, 0.2) is 17.5 Å². The van der Waals surface area contributed by atoms with Gasteiger partial charge in [0.1, 0.15) is 0 Å². The van der Waals surface area contributed by atoms with Crippen molar-refractivity contribution in [3.63, 3.8) is 0 Å². The second-order valence-corrected chi connectivity index (χ2v) is 6.44. The van der Waals surface area contributed by atoms with E-state index in [1.54, 1.807) is 20.9 Å². The quantitative estimate of drug-likeness (QED) is 0.800. The lowest BCUT2D eigenvalue weighted by Gasteiger charge is -2.36. The van der Waals surface area contributed by atoms with Crippen molar-refractivity contribution >= 4 is 11.5 Å². The summed E-state index contributed by atoms with van der Waals surface area (Å²) in [5.74, 6) is -3.09. The molecule has 132 valence electrons. The van der Waals surface area contributed by atoms with E-state index < -0.39 is 28.9 Å². The lowest BCUT2D eigenvalue weighted by molar-refractivity contribution is 0.0630. The fourth-order valence-corrected chi connectivity index (χ4v) is 2.46. The summed E-state index contributed by atoms with van der Waals surface area (Å²) >= 11 is 0. The highest BCUT2D eigenvalue weighted by atomic mass is 19.2. The summed E-state index contributed by atoms with van der Waals surface area (Å²) in [6, 6.07) is 4.84. The van der Waals surface area contributed by atoms with Gasteiger partial charge in [-0.25, -0.2) is 13.2 Å². The number of nitrogens with zero attached hydrogens (tertiary/aromatic N) is 2. The van der Waals surface area contributed by atoms with Gasteiger partial charge in [0.05, 0.1) is 11.8 Å². The Morgan fingerprint density at radius 1 is 1.16 bits per heavy atom. The molecular weight excluding hydrogens is 329 g/mol. The smallest absolute Gasteiger partial charge is 0.257 e. The van der Waals surface area contributed by atoms with E-state index in [1.165, 1.54) is 23.2 Å². The number of amides is 1. The van der Waals surface area contributed by atoms with E-state index in [0.717, 1.165) is 18.3 Å². The average Bonchev–Trinajstić information content (AvgIpc) is 2.56. The van der Waals surface area contributed by atoms with Gasteiger partial charge in [-0.05, 0) is 49.6 Å². The third-order valence-electron chi connectivity index (χ3n) is 4.19. The van der Waals surface area contributed by atoms with Crippen molar-refractivity contribution < 1.29 is 18.0 Å². The molecule has 1 aromatic heterocycles. The minimum atomic E-state index is -0.959. The van der Waals surface area contributed by atoms with E-state index in [0.29, 0.717) is 17.6 Å². The van der Waals surface area contributed by atoms with Gasteiger partial charge in [0, 0.05) is 18.8 Å². The number of carbonyl (C=O) groups is 1. The molecular formula is C19H19F3N2O. The van der Waals surface area contributed by atoms with Crippen LogP contribution in [0.15, 0.2) is 43.2 Å². The molecule has 1 heterocycles. The Labute approximate surface area is 144 Å². The number of hydrogen-bond acceptors (Lipinski definition) is 2. The van der Waals surface area contributed by atoms with Crippen LogP contribution in [0.1, 0.15) is 36.2 Å². The summed E-state index contributed by atoms with van der Waals surface area (Å²) in [6.45, 7) is 7.48. The van der Waals surface area contributed by atoms with Crippen LogP contribution >= 0.6 is 0 Å². The zero-order valence-electron chi connectivity index (χ0n) is 14.3. The fraction of sp³-hybridized carbons (Fsp3) is 0.263. The van der Waals surface area contributed by atoms with Crippen molar-refractivity contribution in [3.8, 4) is 0 Å². The van der Waals surface area contributed by atoms with E-state index in [9.17, 15) is 18.0 Å². The Morgan fingerprint density at radius 2 is 1.84 bits per heavy atom. The van der Waals surface area contributed by atoms with Gasteiger partial charge in [-0.1, -0.05) is 12.6 Å². The van der Waals surface area contributed by atoms with Crippen molar-refractivity contribution in [3.05, 3.63) is 71.8 Å². The molecule has 6 heteroatoms. The highest BCUT2D eigenvalue weighted by Gasteiger charge is 2.30. The van der Waals surface area contributed by atoms with Gasteiger partial charge in [-0.2, -0.15) is 0 Å². The molecule has 0 spiro atoms. The number of benzene rings is 1. The standard InChI is InChI=1S/C19H19F3N2O/c1-12(13-5-6-15(20)16(21)9-13)10-19(2,3)24(4)18(25)14-7-8-23-11-17(14)22/h5-9,11H,1,10H2,2-4H3. The summed E-state index contributed by atoms with van der Waals surface area (Å²) in [5, 5.41) is 0. The number of hydrogen-bond donors (Lipinski definition) is 0. The highest BCUT2D eigenvalue weighted by Crippen LogP contribution is 2.29. The first kappa shape index (κ1) is 18.7. The number of pyridine rings is 1. The lowest BCUT2D eigenvalue weighted by atomic mass is 9.90. The van der Waals surface area contributed by atoms with E-state index >= 15 is 0 Å². The van der Waals surface area contributed by atoms with E-state index in [2.05, 4.69) is 11.6 Å². The highest BCUT2D eigenvalue weighted by molar-refractivity contribution is 5.94. The first-order valence-electron chi connectivity index (χ1n) is 7.64. The van der Waals surface area contributed by atoms with Crippen molar-refractivity contribution in [2.75, 3.05) is 7.05 Å². The Bertz CT molecular complexity index is 818. The topological polar surface area (TPSA) is 33.2 Å². The van der Waals surface area contributed by atoms with Crippen LogP contribution in [0.25, 0.3) is 5.57 Å². The van der Waals surface area contributed by atoms with Crippen LogP contribution in [0.3, 0.4) is 0 Å². The van der Waals surface area contributed by atoms with Gasteiger partial charge < -0.3 is 4.90 Å². The van der Waals surface area contributed by atoms with Crippen LogP contribution in [-0.4, -0.2) is 28.4 Å². The molecule has 0 saturated heterocycles. The largest absolute Gasteiger partial charge is 0.336 e. The van der Waals surface area contributed by atoms with Gasteiger partial charge >= 0.3 is 0 Å². The van der Waals surface area contributed by atoms with E-state index in [-0.39, 0.29) is 5.56 Å². The fourth-order valence-electron chi connectivity index (χ4n) is 2.46. The molecule has 0 bridgehead atoms. The summed E-state index contributed by atoms with van der Waals surface area (Å²) in [6.07, 6.45) is 2.62. The number of halogens is 3. The average molecular weight is 348 g/mol. The lowest BCUT2D eigenvalue weighted by Crippen LogP contribution is -2.45. The predicted octanol–water partition coefficient (Wildman–Crippen LogP) is 4.45. The molecule has 0 aliphatic rings. The molecule has 2 aromatic rings. The molecule has 0 N–H and O–H groups in total. The first-order chi connectivity index (χ1) is 11.6. The Kier molecular flexibility index (Phi) is 5.30. The SMILES string of the molecule is C=C(CC(C)(C)N(C)C(=O)c1ccncc1F)c1ccc(F)c(F)c1. The maximum atomic E-state index is 13.8. The molecule has 3 nitrogen and oxygen atoms in total. The summed E-state index contributed by atoms with van der Waals surface area (Å²) in [7, 11) is 1.56. The Balaban J connectivity index is 2.19. The molecule has 0 atom stereocenters. The predicted molar refractivity (Wildman–Crippen MR) is 90.4 cm³/mol. The van der Waals surface area contributed by atoms with Crippen LogP contribution in [0, 0.1) is 17.5 Å². The zero-order chi connectivity index (χ0) is 18.8. The summed E-state index contributed by atoms with van der Waals surface area (Å²) in [4.78, 5) is 17.6. The molecule has 2 rings (SSSR count). The van der Waals surface area contributed by atoms with Gasteiger partial charge in [-0.15, -0.1) is 0 Å². The van der Waals surface area contributed by atoms with Gasteiger partial charge in [0.25, 0.3) is 5.91 Å². The molecule has 0 fully saturated rings. The summed E-state index contributed by atoms with van der Waals surface area (Å²) < 4.78 is 40.3. The number of aromatic nitrogens is 1. The molecule has 1 aromatic carbocycles. The maximum absolute atomic E-state index is 13.8. The zero-order valence-corrected chi connectivity index (χ0v) is 14.3. The van der Waals surface area contributed by atoms with Crippen LogP contribution in [0.5, 0.6) is 0 Å². The van der Waals surface area contributed by atoms with E-state index in [1.807, 2.05) is 0 Å². The van der Waals surface area contributed by atoms with Crippen molar-refractivity contribution in [1.82, 2.24) is 9.88 Å². The van der Waals surface area contributed by atoms with Crippen molar-refractivity contribution in [1.29, 1.82) is 0 Å². The Hall–Kier alpha value is -2.63. The number of carbonyl (C=O) groups excluding carboxylic acids is 1. The second kappa shape index (κ2) is 7.09. The summed E-state index contributed by atoms with van der Waals surface area (Å²) in [5.41, 5.74) is 0.181. The van der Waals surface area contributed by atoms with Crippen LogP contribution in [0.2, 0.25) is 0 Å². The maximum Gasteiger partial charge on any atom is 0.257 e. The minimum absolute atomic E-state index is 0.0796.